The maximum Gasteiger partial charge on any atom is 0.384 e. The van der Waals surface area contributed by atoms with Crippen LogP contribution in [0.5, 0.6) is 5.75 Å². The molecular formula is C24H24ClFNO4PS. The Labute approximate surface area is 201 Å². The molecule has 0 aliphatic heterocycles. The Hall–Kier alpha value is -2.12. The van der Waals surface area contributed by atoms with Gasteiger partial charge in [0, 0.05) is 20.9 Å². The van der Waals surface area contributed by atoms with Gasteiger partial charge in [0.15, 0.2) is 0 Å². The van der Waals surface area contributed by atoms with E-state index in [1.54, 1.807) is 11.8 Å². The summed E-state index contributed by atoms with van der Waals surface area (Å²) in [6, 6.07) is 22.6. The molecule has 0 heterocycles. The van der Waals surface area contributed by atoms with Gasteiger partial charge in [-0.2, -0.15) is 4.39 Å². The standard InChI is InChI=1S/C24H24ClFNO4PS/c25-23-15-22(12-10-18(23)9-11-19(27)13-24(26)32(28,29)30)33-21-8-4-7-20(14-21)31-16-17-5-2-1-3-6-17/h1-8,10,12-15,19H,9,11,16,27H2,(H2,28,29,30)/b24-13-. The molecule has 0 saturated heterocycles. The van der Waals surface area contributed by atoms with E-state index in [0.29, 0.717) is 24.5 Å². The van der Waals surface area contributed by atoms with Crippen molar-refractivity contribution < 1.29 is 23.5 Å². The van der Waals surface area contributed by atoms with Crippen molar-refractivity contribution in [2.75, 3.05) is 0 Å². The van der Waals surface area contributed by atoms with Crippen molar-refractivity contribution in [1.82, 2.24) is 0 Å². The van der Waals surface area contributed by atoms with Crippen molar-refractivity contribution in [1.29, 1.82) is 0 Å². The van der Waals surface area contributed by atoms with Crippen molar-refractivity contribution in [3.63, 3.8) is 0 Å². The maximum absolute atomic E-state index is 13.4. The first-order chi connectivity index (χ1) is 15.7. The molecule has 3 aromatic carbocycles. The molecule has 3 aromatic rings. The first kappa shape index (κ1) is 25.5. The summed E-state index contributed by atoms with van der Waals surface area (Å²) in [6.07, 6.45) is 1.49. The zero-order valence-corrected chi connectivity index (χ0v) is 20.1. The highest BCUT2D eigenvalue weighted by molar-refractivity contribution is 7.99. The minimum atomic E-state index is -4.90. The predicted molar refractivity (Wildman–Crippen MR) is 130 cm³/mol. The van der Waals surface area contributed by atoms with Crippen LogP contribution in [0.2, 0.25) is 5.02 Å². The van der Waals surface area contributed by atoms with Gasteiger partial charge < -0.3 is 20.3 Å². The number of benzene rings is 3. The second kappa shape index (κ2) is 11.8. The molecule has 3 rings (SSSR count). The summed E-state index contributed by atoms with van der Waals surface area (Å²) in [6.45, 7) is 0.491. The molecule has 33 heavy (non-hydrogen) atoms. The normalized spacial score (nSPS) is 13.1. The second-order valence-electron chi connectivity index (χ2n) is 7.34. The average Bonchev–Trinajstić information content (AvgIpc) is 2.77. The average molecular weight is 508 g/mol. The summed E-state index contributed by atoms with van der Waals surface area (Å²) in [4.78, 5) is 19.5. The van der Waals surface area contributed by atoms with Gasteiger partial charge in [-0.05, 0) is 60.4 Å². The van der Waals surface area contributed by atoms with Crippen LogP contribution in [0.3, 0.4) is 0 Å². The van der Waals surface area contributed by atoms with Crippen LogP contribution in [-0.4, -0.2) is 15.8 Å². The lowest BCUT2D eigenvalue weighted by molar-refractivity contribution is 0.305. The van der Waals surface area contributed by atoms with Crippen LogP contribution in [0.4, 0.5) is 4.39 Å². The van der Waals surface area contributed by atoms with Gasteiger partial charge in [-0.15, -0.1) is 0 Å². The largest absolute Gasteiger partial charge is 0.489 e. The van der Waals surface area contributed by atoms with E-state index in [9.17, 15) is 8.96 Å². The number of nitrogens with two attached hydrogens (primary N) is 1. The molecule has 0 bridgehead atoms. The van der Waals surface area contributed by atoms with E-state index in [4.69, 9.17) is 31.9 Å². The summed E-state index contributed by atoms with van der Waals surface area (Å²) in [5.41, 5.74) is 6.16. The summed E-state index contributed by atoms with van der Waals surface area (Å²) in [5, 5.41) is 0.545. The number of halogens is 2. The molecule has 0 aliphatic rings. The van der Waals surface area contributed by atoms with E-state index >= 15 is 0 Å². The topological polar surface area (TPSA) is 92.8 Å². The van der Waals surface area contributed by atoms with Crippen LogP contribution in [-0.2, 0) is 17.6 Å². The van der Waals surface area contributed by atoms with Crippen molar-refractivity contribution in [2.24, 2.45) is 5.73 Å². The van der Waals surface area contributed by atoms with E-state index in [2.05, 4.69) is 0 Å². The fourth-order valence-electron chi connectivity index (χ4n) is 2.98. The molecule has 5 nitrogen and oxygen atoms in total. The first-order valence-corrected chi connectivity index (χ1v) is 12.9. The molecule has 0 saturated carbocycles. The number of ether oxygens (including phenoxy) is 1. The van der Waals surface area contributed by atoms with Crippen LogP contribution in [0, 0.1) is 0 Å². The lowest BCUT2D eigenvalue weighted by Gasteiger charge is -2.11. The number of hydrogen-bond acceptors (Lipinski definition) is 4. The third-order valence-electron chi connectivity index (χ3n) is 4.69. The van der Waals surface area contributed by atoms with E-state index in [0.717, 1.165) is 32.7 Å². The quantitative estimate of drug-likeness (QED) is 0.278. The highest BCUT2D eigenvalue weighted by Crippen LogP contribution is 2.45. The Morgan fingerprint density at radius 2 is 1.82 bits per heavy atom. The maximum atomic E-state index is 13.4. The molecular weight excluding hydrogens is 484 g/mol. The van der Waals surface area contributed by atoms with Gasteiger partial charge in [-0.1, -0.05) is 65.8 Å². The summed E-state index contributed by atoms with van der Waals surface area (Å²) < 4.78 is 30.1. The summed E-state index contributed by atoms with van der Waals surface area (Å²) >= 11 is 7.96. The van der Waals surface area contributed by atoms with Crippen LogP contribution < -0.4 is 10.5 Å². The van der Waals surface area contributed by atoms with Crippen LogP contribution in [0.1, 0.15) is 17.5 Å². The molecule has 0 spiro atoms. The lowest BCUT2D eigenvalue weighted by Crippen LogP contribution is -2.18. The second-order valence-corrected chi connectivity index (χ2v) is 10.4. The molecule has 1 atom stereocenters. The lowest BCUT2D eigenvalue weighted by atomic mass is 10.1. The smallest absolute Gasteiger partial charge is 0.384 e. The SMILES string of the molecule is NC(/C=C(/F)P(=O)(O)O)CCc1ccc(Sc2cccc(OCc3ccccc3)c2)cc1Cl. The molecule has 9 heteroatoms. The Morgan fingerprint density at radius 1 is 1.09 bits per heavy atom. The molecule has 0 aliphatic carbocycles. The molecule has 0 aromatic heterocycles. The number of rotatable bonds is 10. The fourth-order valence-corrected chi connectivity index (χ4v) is 4.61. The van der Waals surface area contributed by atoms with Crippen LogP contribution in [0.15, 0.2) is 94.2 Å². The number of hydrogen-bond donors (Lipinski definition) is 3. The third-order valence-corrected chi connectivity index (χ3v) is 6.73. The number of aryl methyl sites for hydroxylation is 1. The van der Waals surface area contributed by atoms with Gasteiger partial charge in [0.05, 0.1) is 0 Å². The summed E-state index contributed by atoms with van der Waals surface area (Å²) in [5.74, 6) is 0.774. The highest BCUT2D eigenvalue weighted by Gasteiger charge is 2.21. The van der Waals surface area contributed by atoms with E-state index in [1.165, 1.54) is 0 Å². The third kappa shape index (κ3) is 8.31. The first-order valence-electron chi connectivity index (χ1n) is 10.1. The van der Waals surface area contributed by atoms with E-state index < -0.39 is 19.2 Å². The Balaban J connectivity index is 1.58. The van der Waals surface area contributed by atoms with Crippen LogP contribution in [0.25, 0.3) is 0 Å². The molecule has 0 amide bonds. The Bertz CT molecular complexity index is 1160. The van der Waals surface area contributed by atoms with Gasteiger partial charge in [0.25, 0.3) is 0 Å². The van der Waals surface area contributed by atoms with Crippen LogP contribution >= 0.6 is 31.0 Å². The zero-order valence-electron chi connectivity index (χ0n) is 17.6. The van der Waals surface area contributed by atoms with Gasteiger partial charge in [0.1, 0.15) is 12.4 Å². The monoisotopic (exact) mass is 507 g/mol. The van der Waals surface area contributed by atoms with E-state index in [-0.39, 0.29) is 0 Å². The minimum absolute atomic E-state index is 0.292. The fraction of sp³-hybridized carbons (Fsp3) is 0.167. The van der Waals surface area contributed by atoms with E-state index in [1.807, 2.05) is 72.8 Å². The predicted octanol–water partition coefficient (Wildman–Crippen LogP) is 6.32. The summed E-state index contributed by atoms with van der Waals surface area (Å²) in [7, 11) is -4.90. The molecule has 174 valence electrons. The van der Waals surface area contributed by atoms with Crippen molar-refractivity contribution in [3.05, 3.63) is 101 Å². The molecule has 4 N–H and O–H groups in total. The van der Waals surface area contributed by atoms with Crippen molar-refractivity contribution >= 4 is 31.0 Å². The van der Waals surface area contributed by atoms with Crippen molar-refractivity contribution in [2.45, 2.75) is 35.3 Å². The molecule has 0 fully saturated rings. The van der Waals surface area contributed by atoms with Gasteiger partial charge >= 0.3 is 7.60 Å². The minimum Gasteiger partial charge on any atom is -0.489 e. The van der Waals surface area contributed by atoms with Gasteiger partial charge in [0.2, 0.25) is 5.57 Å². The Kier molecular flexibility index (Phi) is 9.15. The Morgan fingerprint density at radius 3 is 2.52 bits per heavy atom. The highest BCUT2D eigenvalue weighted by atomic mass is 35.5. The van der Waals surface area contributed by atoms with Crippen molar-refractivity contribution in [3.8, 4) is 5.75 Å². The molecule has 1 unspecified atom stereocenters. The zero-order chi connectivity index (χ0) is 23.8. The molecule has 0 radical (unpaired) electrons. The van der Waals surface area contributed by atoms with Gasteiger partial charge in [-0.3, -0.25) is 4.57 Å². The van der Waals surface area contributed by atoms with Gasteiger partial charge in [-0.25, -0.2) is 0 Å².